The van der Waals surface area contributed by atoms with Crippen LogP contribution in [0.5, 0.6) is 0 Å². The number of amides is 1. The number of nitrogens with zero attached hydrogens (tertiary/aromatic N) is 2. The second-order valence-electron chi connectivity index (χ2n) is 5.03. The van der Waals surface area contributed by atoms with Crippen LogP contribution in [-0.4, -0.2) is 44.9 Å². The predicted molar refractivity (Wildman–Crippen MR) is 72.4 cm³/mol. The van der Waals surface area contributed by atoms with Gasteiger partial charge in [0.1, 0.15) is 5.65 Å². The zero-order valence-electron chi connectivity index (χ0n) is 10.9. The molecule has 1 aliphatic rings. The lowest BCUT2D eigenvalue weighted by Crippen LogP contribution is -2.42. The lowest BCUT2D eigenvalue weighted by molar-refractivity contribution is -0.143. The summed E-state index contributed by atoms with van der Waals surface area (Å²) in [6, 6.07) is 3.50. The molecule has 1 aliphatic heterocycles. The van der Waals surface area contributed by atoms with Crippen LogP contribution in [0.1, 0.15) is 23.2 Å². The normalized spacial score (nSPS) is 19.2. The van der Waals surface area contributed by atoms with Crippen molar-refractivity contribution in [2.24, 2.45) is 5.92 Å². The molecule has 1 saturated heterocycles. The standard InChI is InChI=1S/C14H15N3O3/c18-13(17-7-1-2-9(8-17)14(19)20)11-4-6-16-12-10(11)3-5-15-12/h3-6,9H,1-2,7-8H2,(H,15,16)(H,19,20)/t9-/m1/s1. The average Bonchev–Trinajstić information content (AvgIpc) is 2.95. The number of hydrogen-bond acceptors (Lipinski definition) is 3. The van der Waals surface area contributed by atoms with E-state index in [1.54, 1.807) is 23.4 Å². The van der Waals surface area contributed by atoms with Gasteiger partial charge in [-0.15, -0.1) is 0 Å². The number of likely N-dealkylation sites (tertiary alicyclic amines) is 1. The monoisotopic (exact) mass is 273 g/mol. The molecule has 0 bridgehead atoms. The Labute approximate surface area is 115 Å². The van der Waals surface area contributed by atoms with Crippen LogP contribution in [0.2, 0.25) is 0 Å². The summed E-state index contributed by atoms with van der Waals surface area (Å²) in [5, 5.41) is 9.87. The summed E-state index contributed by atoms with van der Waals surface area (Å²) in [5.74, 6) is -1.41. The Morgan fingerprint density at radius 1 is 1.40 bits per heavy atom. The number of H-pyrrole nitrogens is 1. The number of aromatic amines is 1. The molecular weight excluding hydrogens is 258 g/mol. The first kappa shape index (κ1) is 12.7. The number of aromatic nitrogens is 2. The molecule has 0 aromatic carbocycles. The van der Waals surface area contributed by atoms with E-state index in [4.69, 9.17) is 5.11 Å². The minimum absolute atomic E-state index is 0.122. The van der Waals surface area contributed by atoms with Gasteiger partial charge in [-0.25, -0.2) is 4.98 Å². The molecule has 2 aromatic heterocycles. The largest absolute Gasteiger partial charge is 0.481 e. The van der Waals surface area contributed by atoms with Crippen LogP contribution < -0.4 is 0 Å². The molecule has 6 nitrogen and oxygen atoms in total. The zero-order valence-corrected chi connectivity index (χ0v) is 10.9. The first-order valence-corrected chi connectivity index (χ1v) is 6.61. The van der Waals surface area contributed by atoms with E-state index in [0.717, 1.165) is 11.8 Å². The summed E-state index contributed by atoms with van der Waals surface area (Å²) in [5.41, 5.74) is 1.24. The zero-order chi connectivity index (χ0) is 14.1. The van der Waals surface area contributed by atoms with E-state index >= 15 is 0 Å². The number of carbonyl (C=O) groups is 2. The van der Waals surface area contributed by atoms with Crippen molar-refractivity contribution in [3.05, 3.63) is 30.1 Å². The number of piperidine rings is 1. The topological polar surface area (TPSA) is 86.3 Å². The molecule has 1 atom stereocenters. The molecule has 0 unspecified atom stereocenters. The third kappa shape index (κ3) is 2.13. The number of aliphatic carboxylic acids is 1. The molecule has 0 saturated carbocycles. The SMILES string of the molecule is O=C(O)[C@@H]1CCCN(C(=O)c2ccnc3[nH]ccc23)C1. The summed E-state index contributed by atoms with van der Waals surface area (Å²) in [6.07, 6.45) is 4.69. The van der Waals surface area contributed by atoms with Crippen LogP contribution in [0, 0.1) is 5.92 Å². The van der Waals surface area contributed by atoms with Crippen LogP contribution in [-0.2, 0) is 4.79 Å². The van der Waals surface area contributed by atoms with Gasteiger partial charge in [0.15, 0.2) is 0 Å². The Bertz CT molecular complexity index is 664. The van der Waals surface area contributed by atoms with Crippen molar-refractivity contribution in [2.75, 3.05) is 13.1 Å². The number of carbonyl (C=O) groups excluding carboxylic acids is 1. The second-order valence-corrected chi connectivity index (χ2v) is 5.03. The van der Waals surface area contributed by atoms with Gasteiger partial charge >= 0.3 is 5.97 Å². The lowest BCUT2D eigenvalue weighted by Gasteiger charge is -2.30. The van der Waals surface area contributed by atoms with Crippen LogP contribution in [0.3, 0.4) is 0 Å². The first-order valence-electron chi connectivity index (χ1n) is 6.61. The Balaban J connectivity index is 1.88. The maximum absolute atomic E-state index is 12.6. The average molecular weight is 273 g/mol. The fourth-order valence-corrected chi connectivity index (χ4v) is 2.68. The quantitative estimate of drug-likeness (QED) is 0.868. The highest BCUT2D eigenvalue weighted by molar-refractivity contribution is 6.05. The Kier molecular flexibility index (Phi) is 3.14. The van der Waals surface area contributed by atoms with Crippen molar-refractivity contribution in [2.45, 2.75) is 12.8 Å². The van der Waals surface area contributed by atoms with Crippen LogP contribution in [0.25, 0.3) is 11.0 Å². The maximum atomic E-state index is 12.6. The molecule has 1 amide bonds. The van der Waals surface area contributed by atoms with Crippen molar-refractivity contribution in [3.8, 4) is 0 Å². The van der Waals surface area contributed by atoms with Gasteiger partial charge in [0.2, 0.25) is 0 Å². The minimum atomic E-state index is -0.830. The summed E-state index contributed by atoms with van der Waals surface area (Å²) in [6.45, 7) is 0.888. The highest BCUT2D eigenvalue weighted by atomic mass is 16.4. The van der Waals surface area contributed by atoms with Crippen molar-refractivity contribution >= 4 is 22.9 Å². The predicted octanol–water partition coefficient (Wildman–Crippen LogP) is 1.50. The van der Waals surface area contributed by atoms with Gasteiger partial charge in [0.05, 0.1) is 11.5 Å². The van der Waals surface area contributed by atoms with Crippen LogP contribution in [0.4, 0.5) is 0 Å². The Morgan fingerprint density at radius 2 is 2.25 bits per heavy atom. The summed E-state index contributed by atoms with van der Waals surface area (Å²) in [7, 11) is 0. The van der Waals surface area contributed by atoms with Crippen LogP contribution >= 0.6 is 0 Å². The smallest absolute Gasteiger partial charge is 0.308 e. The Morgan fingerprint density at radius 3 is 3.05 bits per heavy atom. The molecule has 0 spiro atoms. The third-order valence-corrected chi connectivity index (χ3v) is 3.75. The van der Waals surface area contributed by atoms with Gasteiger partial charge in [-0.3, -0.25) is 9.59 Å². The van der Waals surface area contributed by atoms with Gasteiger partial charge < -0.3 is 15.0 Å². The highest BCUT2D eigenvalue weighted by Gasteiger charge is 2.29. The minimum Gasteiger partial charge on any atom is -0.481 e. The fraction of sp³-hybridized carbons (Fsp3) is 0.357. The van der Waals surface area contributed by atoms with E-state index in [9.17, 15) is 9.59 Å². The molecular formula is C14H15N3O3. The number of carboxylic acid groups (broad SMARTS) is 1. The molecule has 6 heteroatoms. The van der Waals surface area contributed by atoms with Crippen molar-refractivity contribution in [3.63, 3.8) is 0 Å². The number of pyridine rings is 1. The van der Waals surface area contributed by atoms with Gasteiger partial charge in [-0.1, -0.05) is 0 Å². The van der Waals surface area contributed by atoms with Gasteiger partial charge in [0.25, 0.3) is 5.91 Å². The molecule has 2 aromatic rings. The fourth-order valence-electron chi connectivity index (χ4n) is 2.68. The summed E-state index contributed by atoms with van der Waals surface area (Å²) < 4.78 is 0. The van der Waals surface area contributed by atoms with Crippen molar-refractivity contribution in [1.82, 2.24) is 14.9 Å². The molecule has 0 aliphatic carbocycles. The van der Waals surface area contributed by atoms with Gasteiger partial charge in [0, 0.05) is 30.9 Å². The number of rotatable bonds is 2. The van der Waals surface area contributed by atoms with Crippen molar-refractivity contribution in [1.29, 1.82) is 0 Å². The maximum Gasteiger partial charge on any atom is 0.308 e. The van der Waals surface area contributed by atoms with E-state index in [1.807, 2.05) is 6.07 Å². The number of carboxylic acids is 1. The second kappa shape index (κ2) is 4.96. The first-order chi connectivity index (χ1) is 9.66. The number of fused-ring (bicyclic) bond motifs is 1. The molecule has 3 heterocycles. The van der Waals surface area contributed by atoms with E-state index in [-0.39, 0.29) is 12.5 Å². The van der Waals surface area contributed by atoms with E-state index in [0.29, 0.717) is 24.2 Å². The lowest BCUT2D eigenvalue weighted by atomic mass is 9.97. The Hall–Kier alpha value is -2.37. The van der Waals surface area contributed by atoms with Gasteiger partial charge in [-0.2, -0.15) is 0 Å². The highest BCUT2D eigenvalue weighted by Crippen LogP contribution is 2.22. The van der Waals surface area contributed by atoms with Crippen LogP contribution in [0.15, 0.2) is 24.5 Å². The molecule has 20 heavy (non-hydrogen) atoms. The third-order valence-electron chi connectivity index (χ3n) is 3.75. The number of nitrogens with one attached hydrogen (secondary N) is 1. The van der Waals surface area contributed by atoms with Gasteiger partial charge in [-0.05, 0) is 25.0 Å². The van der Waals surface area contributed by atoms with Crippen molar-refractivity contribution < 1.29 is 14.7 Å². The molecule has 0 radical (unpaired) electrons. The molecule has 3 rings (SSSR count). The summed E-state index contributed by atoms with van der Waals surface area (Å²) in [4.78, 5) is 32.4. The van der Waals surface area contributed by atoms with E-state index in [2.05, 4.69) is 9.97 Å². The number of hydrogen-bond donors (Lipinski definition) is 2. The van der Waals surface area contributed by atoms with E-state index in [1.165, 1.54) is 0 Å². The molecule has 2 N–H and O–H groups in total. The summed E-state index contributed by atoms with van der Waals surface area (Å²) >= 11 is 0. The molecule has 104 valence electrons. The molecule has 1 fully saturated rings. The van der Waals surface area contributed by atoms with E-state index < -0.39 is 11.9 Å².